The van der Waals surface area contributed by atoms with Crippen LogP contribution in [0.2, 0.25) is 0 Å². The lowest BCUT2D eigenvalue weighted by atomic mass is 9.87. The average molecular weight is 243 g/mol. The Balaban J connectivity index is 2.89. The Labute approximate surface area is 96.3 Å². The van der Waals surface area contributed by atoms with Gasteiger partial charge in [-0.05, 0) is 16.5 Å². The first kappa shape index (κ1) is 13.2. The van der Waals surface area contributed by atoms with Crippen LogP contribution in [-0.2, 0) is 21.2 Å². The van der Waals surface area contributed by atoms with Crippen LogP contribution in [0, 0.1) is 0 Å². The van der Waals surface area contributed by atoms with E-state index in [9.17, 15) is 8.42 Å². The maximum atomic E-state index is 11.1. The second kappa shape index (κ2) is 4.53. The van der Waals surface area contributed by atoms with Gasteiger partial charge < -0.3 is 5.21 Å². The molecule has 1 aromatic rings. The van der Waals surface area contributed by atoms with E-state index in [1.54, 1.807) is 12.1 Å². The van der Waals surface area contributed by atoms with Gasteiger partial charge in [0.2, 0.25) is 10.0 Å². The van der Waals surface area contributed by atoms with E-state index in [4.69, 9.17) is 5.21 Å². The third-order valence-electron chi connectivity index (χ3n) is 2.32. The van der Waals surface area contributed by atoms with Gasteiger partial charge in [0, 0.05) is 0 Å². The monoisotopic (exact) mass is 243 g/mol. The smallest absolute Gasteiger partial charge is 0.237 e. The van der Waals surface area contributed by atoms with E-state index < -0.39 is 10.0 Å². The number of benzene rings is 1. The molecule has 0 saturated carbocycles. The fraction of sp³-hybridized carbons (Fsp3) is 0.455. The molecule has 0 atom stereocenters. The Kier molecular flexibility index (Phi) is 3.72. The van der Waals surface area contributed by atoms with Gasteiger partial charge in [-0.25, -0.2) is 8.42 Å². The van der Waals surface area contributed by atoms with Gasteiger partial charge in [0.05, 0.1) is 5.75 Å². The second-order valence-electron chi connectivity index (χ2n) is 4.80. The van der Waals surface area contributed by atoms with Gasteiger partial charge >= 0.3 is 0 Å². The zero-order chi connectivity index (χ0) is 12.4. The van der Waals surface area contributed by atoms with E-state index in [1.165, 1.54) is 4.89 Å². The summed E-state index contributed by atoms with van der Waals surface area (Å²) in [5, 5.41) is 8.40. The van der Waals surface area contributed by atoms with Crippen molar-refractivity contribution in [2.75, 3.05) is 0 Å². The number of sulfonamides is 1. The van der Waals surface area contributed by atoms with Crippen molar-refractivity contribution >= 4 is 10.0 Å². The molecule has 0 unspecified atom stereocenters. The standard InChI is InChI=1S/C11H17NO3S/c1-11(2,3)10-6-4-9(5-7-10)8-16(14,15)12-13/h4-7,12-13H,8H2,1-3H3. The third kappa shape index (κ3) is 3.59. The third-order valence-corrected chi connectivity index (χ3v) is 3.31. The quantitative estimate of drug-likeness (QED) is 0.795. The summed E-state index contributed by atoms with van der Waals surface area (Å²) in [5.41, 5.74) is 1.84. The van der Waals surface area contributed by atoms with E-state index >= 15 is 0 Å². The molecule has 16 heavy (non-hydrogen) atoms. The first-order chi connectivity index (χ1) is 7.24. The molecule has 0 fully saturated rings. The molecule has 4 nitrogen and oxygen atoms in total. The SMILES string of the molecule is CC(C)(C)c1ccc(CS(=O)(=O)NO)cc1. The summed E-state index contributed by atoms with van der Waals surface area (Å²) < 4.78 is 22.2. The normalized spacial score (nSPS) is 12.8. The highest BCUT2D eigenvalue weighted by atomic mass is 32.2. The van der Waals surface area contributed by atoms with Gasteiger partial charge in [0.15, 0.2) is 0 Å². The van der Waals surface area contributed by atoms with Crippen LogP contribution in [0.5, 0.6) is 0 Å². The van der Waals surface area contributed by atoms with Crippen molar-refractivity contribution in [3.8, 4) is 0 Å². The Morgan fingerprint density at radius 1 is 1.19 bits per heavy atom. The van der Waals surface area contributed by atoms with Gasteiger partial charge in [0.25, 0.3) is 0 Å². The molecule has 0 saturated heterocycles. The Bertz CT molecular complexity index is 443. The number of nitrogens with one attached hydrogen (secondary N) is 1. The van der Waals surface area contributed by atoms with Crippen molar-refractivity contribution in [2.45, 2.75) is 31.9 Å². The van der Waals surface area contributed by atoms with E-state index in [0.717, 1.165) is 5.56 Å². The summed E-state index contributed by atoms with van der Waals surface area (Å²) in [6.45, 7) is 6.27. The molecule has 5 heteroatoms. The first-order valence-electron chi connectivity index (χ1n) is 4.97. The van der Waals surface area contributed by atoms with Crippen LogP contribution in [0.4, 0.5) is 0 Å². The fourth-order valence-corrected chi connectivity index (χ4v) is 2.05. The number of rotatable bonds is 3. The van der Waals surface area contributed by atoms with Gasteiger partial charge in [-0.3, -0.25) is 0 Å². The molecule has 0 amide bonds. The largest absolute Gasteiger partial charge is 0.302 e. The predicted octanol–water partition coefficient (Wildman–Crippen LogP) is 1.79. The number of hydrogen-bond acceptors (Lipinski definition) is 3. The van der Waals surface area contributed by atoms with Crippen LogP contribution in [0.1, 0.15) is 31.9 Å². The molecule has 0 bridgehead atoms. The molecule has 0 aromatic heterocycles. The maximum absolute atomic E-state index is 11.1. The molecule has 0 radical (unpaired) electrons. The minimum Gasteiger partial charge on any atom is -0.302 e. The lowest BCUT2D eigenvalue weighted by Gasteiger charge is -2.19. The van der Waals surface area contributed by atoms with Gasteiger partial charge in [0.1, 0.15) is 0 Å². The van der Waals surface area contributed by atoms with E-state index in [-0.39, 0.29) is 11.2 Å². The van der Waals surface area contributed by atoms with E-state index in [2.05, 4.69) is 20.8 Å². The second-order valence-corrected chi connectivity index (χ2v) is 6.50. The summed E-state index contributed by atoms with van der Waals surface area (Å²) in [6.07, 6.45) is 0. The van der Waals surface area contributed by atoms with Crippen LogP contribution in [0.15, 0.2) is 24.3 Å². The lowest BCUT2D eigenvalue weighted by Crippen LogP contribution is -2.21. The van der Waals surface area contributed by atoms with E-state index in [1.807, 2.05) is 12.1 Å². The van der Waals surface area contributed by atoms with Crippen LogP contribution in [-0.4, -0.2) is 13.6 Å². The van der Waals surface area contributed by atoms with Gasteiger partial charge in [-0.2, -0.15) is 0 Å². The average Bonchev–Trinajstić information content (AvgIpc) is 2.16. The zero-order valence-corrected chi connectivity index (χ0v) is 10.5. The molecular weight excluding hydrogens is 226 g/mol. The van der Waals surface area contributed by atoms with Crippen molar-refractivity contribution in [2.24, 2.45) is 0 Å². The van der Waals surface area contributed by atoms with Crippen LogP contribution in [0.3, 0.4) is 0 Å². The Morgan fingerprint density at radius 3 is 2.06 bits per heavy atom. The molecule has 1 rings (SSSR count). The van der Waals surface area contributed by atoms with Crippen molar-refractivity contribution in [3.63, 3.8) is 0 Å². The van der Waals surface area contributed by atoms with Crippen molar-refractivity contribution in [3.05, 3.63) is 35.4 Å². The summed E-state index contributed by atoms with van der Waals surface area (Å²) in [6, 6.07) is 7.33. The summed E-state index contributed by atoms with van der Waals surface area (Å²) in [5.74, 6) is -0.214. The molecule has 0 aliphatic carbocycles. The molecule has 1 aromatic carbocycles. The molecule has 0 spiro atoms. The molecule has 0 aliphatic heterocycles. The highest BCUT2D eigenvalue weighted by Gasteiger charge is 2.14. The summed E-state index contributed by atoms with van der Waals surface area (Å²) >= 11 is 0. The highest BCUT2D eigenvalue weighted by Crippen LogP contribution is 2.22. The Hall–Kier alpha value is -0.910. The highest BCUT2D eigenvalue weighted by molar-refractivity contribution is 7.88. The predicted molar refractivity (Wildman–Crippen MR) is 62.7 cm³/mol. The Morgan fingerprint density at radius 2 is 1.69 bits per heavy atom. The number of hydrogen-bond donors (Lipinski definition) is 2. The minimum atomic E-state index is -3.62. The molecule has 0 aliphatic rings. The minimum absolute atomic E-state index is 0.0482. The van der Waals surface area contributed by atoms with Crippen molar-refractivity contribution in [1.29, 1.82) is 0 Å². The van der Waals surface area contributed by atoms with Crippen LogP contribution < -0.4 is 4.89 Å². The van der Waals surface area contributed by atoms with Gasteiger partial charge in [-0.15, -0.1) is 0 Å². The van der Waals surface area contributed by atoms with Gasteiger partial charge in [-0.1, -0.05) is 49.9 Å². The molecule has 90 valence electrons. The lowest BCUT2D eigenvalue weighted by molar-refractivity contribution is 0.242. The molecule has 0 heterocycles. The maximum Gasteiger partial charge on any atom is 0.237 e. The van der Waals surface area contributed by atoms with Crippen LogP contribution in [0.25, 0.3) is 0 Å². The summed E-state index contributed by atoms with van der Waals surface area (Å²) in [7, 11) is -3.62. The van der Waals surface area contributed by atoms with E-state index in [0.29, 0.717) is 5.56 Å². The van der Waals surface area contributed by atoms with Crippen molar-refractivity contribution < 1.29 is 13.6 Å². The topological polar surface area (TPSA) is 66.4 Å². The van der Waals surface area contributed by atoms with Crippen molar-refractivity contribution in [1.82, 2.24) is 4.89 Å². The zero-order valence-electron chi connectivity index (χ0n) is 9.69. The van der Waals surface area contributed by atoms with Crippen LogP contribution >= 0.6 is 0 Å². The molecule has 2 N–H and O–H groups in total. The first-order valence-corrected chi connectivity index (χ1v) is 6.63. The fourth-order valence-electron chi connectivity index (χ4n) is 1.35. The summed E-state index contributed by atoms with van der Waals surface area (Å²) in [4.78, 5) is 1.31. The molecular formula is C11H17NO3S.